The van der Waals surface area contributed by atoms with Gasteiger partial charge in [0.2, 0.25) is 5.91 Å². The van der Waals surface area contributed by atoms with Crippen molar-refractivity contribution in [2.45, 2.75) is 25.8 Å². The smallest absolute Gasteiger partial charge is 0.237 e. The molecule has 1 amide bonds. The van der Waals surface area contributed by atoms with Gasteiger partial charge in [-0.05, 0) is 18.4 Å². The number of hydrogen-bond donors (Lipinski definition) is 2. The minimum Gasteiger partial charge on any atom is -0.355 e. The molecule has 0 fully saturated rings. The van der Waals surface area contributed by atoms with E-state index in [0.29, 0.717) is 13.0 Å². The van der Waals surface area contributed by atoms with Gasteiger partial charge in [0.25, 0.3) is 0 Å². The largest absolute Gasteiger partial charge is 0.355 e. The van der Waals surface area contributed by atoms with E-state index in [1.807, 2.05) is 37.3 Å². The second kappa shape index (κ2) is 8.13. The standard InChI is InChI=1S/C12H18N2O.ClH/c1-2-8-14-12(15)11(13)9-10-6-4-3-5-7-10;/h3-7,11H,2,8-9,13H2,1H3,(H,14,15);1H. The minimum atomic E-state index is -0.445. The molecule has 3 nitrogen and oxygen atoms in total. The molecule has 0 aliphatic rings. The van der Waals surface area contributed by atoms with Crippen LogP contribution in [0.2, 0.25) is 0 Å². The molecule has 1 rings (SSSR count). The van der Waals surface area contributed by atoms with Crippen molar-refractivity contribution < 1.29 is 4.79 Å². The molecule has 1 unspecified atom stereocenters. The molecule has 1 aromatic carbocycles. The Morgan fingerprint density at radius 2 is 2.00 bits per heavy atom. The second-order valence-corrected chi connectivity index (χ2v) is 3.59. The fourth-order valence-electron chi connectivity index (χ4n) is 1.34. The van der Waals surface area contributed by atoms with Gasteiger partial charge >= 0.3 is 0 Å². The van der Waals surface area contributed by atoms with E-state index in [4.69, 9.17) is 5.73 Å². The Kier molecular flexibility index (Phi) is 7.60. The van der Waals surface area contributed by atoms with Crippen LogP contribution in [0.3, 0.4) is 0 Å². The van der Waals surface area contributed by atoms with E-state index in [2.05, 4.69) is 5.32 Å². The highest BCUT2D eigenvalue weighted by atomic mass is 35.5. The summed E-state index contributed by atoms with van der Waals surface area (Å²) >= 11 is 0. The van der Waals surface area contributed by atoms with Crippen molar-refractivity contribution in [3.05, 3.63) is 35.9 Å². The van der Waals surface area contributed by atoms with Crippen molar-refractivity contribution >= 4 is 18.3 Å². The number of amides is 1. The zero-order valence-corrected chi connectivity index (χ0v) is 10.3. The van der Waals surface area contributed by atoms with Gasteiger partial charge in [-0.1, -0.05) is 37.3 Å². The van der Waals surface area contributed by atoms with Crippen molar-refractivity contribution in [2.24, 2.45) is 5.73 Å². The highest BCUT2D eigenvalue weighted by Crippen LogP contribution is 2.01. The first-order valence-corrected chi connectivity index (χ1v) is 5.31. The molecule has 0 aromatic heterocycles. The Morgan fingerprint density at radius 1 is 1.38 bits per heavy atom. The highest BCUT2D eigenvalue weighted by molar-refractivity contribution is 5.85. The van der Waals surface area contributed by atoms with Gasteiger partial charge < -0.3 is 11.1 Å². The van der Waals surface area contributed by atoms with Crippen LogP contribution in [0, 0.1) is 0 Å². The number of hydrogen-bond acceptors (Lipinski definition) is 2. The quantitative estimate of drug-likeness (QED) is 0.822. The molecular weight excluding hydrogens is 224 g/mol. The van der Waals surface area contributed by atoms with E-state index < -0.39 is 6.04 Å². The first kappa shape index (κ1) is 14.9. The number of carbonyl (C=O) groups is 1. The Balaban J connectivity index is 0.00000225. The summed E-state index contributed by atoms with van der Waals surface area (Å²) in [5, 5.41) is 2.79. The summed E-state index contributed by atoms with van der Waals surface area (Å²) in [6.45, 7) is 2.71. The molecule has 1 atom stereocenters. The summed E-state index contributed by atoms with van der Waals surface area (Å²) in [4.78, 5) is 11.5. The van der Waals surface area contributed by atoms with Crippen LogP contribution in [0.1, 0.15) is 18.9 Å². The summed E-state index contributed by atoms with van der Waals surface area (Å²) in [6, 6.07) is 9.36. The van der Waals surface area contributed by atoms with Crippen LogP contribution >= 0.6 is 12.4 Å². The predicted molar refractivity (Wildman–Crippen MR) is 68.7 cm³/mol. The lowest BCUT2D eigenvalue weighted by molar-refractivity contribution is -0.122. The van der Waals surface area contributed by atoms with E-state index in [1.54, 1.807) is 0 Å². The highest BCUT2D eigenvalue weighted by Gasteiger charge is 2.12. The molecule has 0 saturated carbocycles. The number of rotatable bonds is 5. The second-order valence-electron chi connectivity index (χ2n) is 3.59. The number of carbonyl (C=O) groups excluding carboxylic acids is 1. The average molecular weight is 243 g/mol. The molecule has 0 bridgehead atoms. The van der Waals surface area contributed by atoms with Crippen molar-refractivity contribution in [2.75, 3.05) is 6.54 Å². The van der Waals surface area contributed by atoms with Crippen LogP contribution in [-0.4, -0.2) is 18.5 Å². The van der Waals surface area contributed by atoms with Gasteiger partial charge in [-0.3, -0.25) is 4.79 Å². The summed E-state index contributed by atoms with van der Waals surface area (Å²) < 4.78 is 0. The molecule has 0 heterocycles. The normalized spacial score (nSPS) is 11.4. The number of nitrogens with one attached hydrogen (secondary N) is 1. The third-order valence-corrected chi connectivity index (χ3v) is 2.18. The molecule has 90 valence electrons. The van der Waals surface area contributed by atoms with Gasteiger partial charge in [0.05, 0.1) is 6.04 Å². The Labute approximate surface area is 103 Å². The lowest BCUT2D eigenvalue weighted by Crippen LogP contribution is -2.42. The van der Waals surface area contributed by atoms with E-state index in [9.17, 15) is 4.79 Å². The minimum absolute atomic E-state index is 0. The molecule has 0 aliphatic heterocycles. The molecule has 16 heavy (non-hydrogen) atoms. The van der Waals surface area contributed by atoms with E-state index in [-0.39, 0.29) is 18.3 Å². The molecule has 0 radical (unpaired) electrons. The summed E-state index contributed by atoms with van der Waals surface area (Å²) in [5.74, 6) is -0.0688. The summed E-state index contributed by atoms with van der Waals surface area (Å²) in [6.07, 6.45) is 1.53. The van der Waals surface area contributed by atoms with Crippen molar-refractivity contribution in [1.82, 2.24) is 5.32 Å². The molecule has 1 aromatic rings. The van der Waals surface area contributed by atoms with Crippen molar-refractivity contribution in [3.8, 4) is 0 Å². The van der Waals surface area contributed by atoms with Gasteiger partial charge in [-0.2, -0.15) is 0 Å². The van der Waals surface area contributed by atoms with E-state index >= 15 is 0 Å². The number of nitrogens with two attached hydrogens (primary N) is 1. The summed E-state index contributed by atoms with van der Waals surface area (Å²) in [5.41, 5.74) is 6.87. The fourth-order valence-corrected chi connectivity index (χ4v) is 1.34. The number of benzene rings is 1. The molecule has 0 saturated heterocycles. The number of halogens is 1. The first-order valence-electron chi connectivity index (χ1n) is 5.31. The first-order chi connectivity index (χ1) is 7.24. The Hall–Kier alpha value is -1.06. The molecular formula is C12H19ClN2O. The third kappa shape index (κ3) is 5.14. The molecule has 0 spiro atoms. The van der Waals surface area contributed by atoms with Crippen molar-refractivity contribution in [1.29, 1.82) is 0 Å². The van der Waals surface area contributed by atoms with Gasteiger partial charge in [-0.25, -0.2) is 0 Å². The zero-order valence-electron chi connectivity index (χ0n) is 9.48. The van der Waals surface area contributed by atoms with Crippen LogP contribution in [0.25, 0.3) is 0 Å². The summed E-state index contributed by atoms with van der Waals surface area (Å²) in [7, 11) is 0. The zero-order chi connectivity index (χ0) is 11.1. The fraction of sp³-hybridized carbons (Fsp3) is 0.417. The maximum atomic E-state index is 11.5. The lowest BCUT2D eigenvalue weighted by Gasteiger charge is -2.11. The molecule has 3 N–H and O–H groups in total. The average Bonchev–Trinajstić information content (AvgIpc) is 2.27. The van der Waals surface area contributed by atoms with Crippen LogP contribution in [0.5, 0.6) is 0 Å². The van der Waals surface area contributed by atoms with E-state index in [1.165, 1.54) is 0 Å². The van der Waals surface area contributed by atoms with Crippen LogP contribution in [0.4, 0.5) is 0 Å². The van der Waals surface area contributed by atoms with E-state index in [0.717, 1.165) is 12.0 Å². The Bertz CT molecular complexity index is 303. The Morgan fingerprint density at radius 3 is 2.56 bits per heavy atom. The van der Waals surface area contributed by atoms with Gasteiger partial charge in [0.15, 0.2) is 0 Å². The van der Waals surface area contributed by atoms with Crippen LogP contribution < -0.4 is 11.1 Å². The van der Waals surface area contributed by atoms with Crippen LogP contribution in [-0.2, 0) is 11.2 Å². The maximum Gasteiger partial charge on any atom is 0.237 e. The van der Waals surface area contributed by atoms with Crippen molar-refractivity contribution in [3.63, 3.8) is 0 Å². The lowest BCUT2D eigenvalue weighted by atomic mass is 10.1. The SMILES string of the molecule is CCCNC(=O)C(N)Cc1ccccc1.Cl. The molecule has 0 aliphatic carbocycles. The van der Waals surface area contributed by atoms with Crippen LogP contribution in [0.15, 0.2) is 30.3 Å². The predicted octanol–water partition coefficient (Wildman–Crippen LogP) is 1.50. The third-order valence-electron chi connectivity index (χ3n) is 2.18. The van der Waals surface area contributed by atoms with Gasteiger partial charge in [0, 0.05) is 6.54 Å². The maximum absolute atomic E-state index is 11.5. The monoisotopic (exact) mass is 242 g/mol. The van der Waals surface area contributed by atoms with Gasteiger partial charge in [-0.15, -0.1) is 12.4 Å². The van der Waals surface area contributed by atoms with Gasteiger partial charge in [0.1, 0.15) is 0 Å². The topological polar surface area (TPSA) is 55.1 Å². The molecule has 4 heteroatoms.